The first-order valence-electron chi connectivity index (χ1n) is 7.83. The number of likely N-dealkylation sites (tertiary alicyclic amines) is 1. The standard InChI is InChI=1S/C15H29N3S/c1-4-15(5-2)11-16-14(19-12-15)17-13(3)10-18-8-6-7-9-18/h13H,4-12H2,1-3H3,(H,16,17). The quantitative estimate of drug-likeness (QED) is 0.840. The number of hydrogen-bond donors (Lipinski definition) is 1. The SMILES string of the molecule is CCC1(CC)CN=C(NC(C)CN2CCCC2)SC1. The van der Waals surface area contributed by atoms with Crippen LogP contribution in [0.15, 0.2) is 4.99 Å². The van der Waals surface area contributed by atoms with Crippen LogP contribution >= 0.6 is 11.8 Å². The largest absolute Gasteiger partial charge is 0.361 e. The lowest BCUT2D eigenvalue weighted by Crippen LogP contribution is -2.42. The van der Waals surface area contributed by atoms with Crippen LogP contribution in [0.4, 0.5) is 0 Å². The van der Waals surface area contributed by atoms with E-state index in [1.807, 2.05) is 11.8 Å². The molecule has 4 heteroatoms. The number of nitrogens with one attached hydrogen (secondary N) is 1. The summed E-state index contributed by atoms with van der Waals surface area (Å²) in [6.07, 6.45) is 5.24. The lowest BCUT2D eigenvalue weighted by Gasteiger charge is -2.34. The summed E-state index contributed by atoms with van der Waals surface area (Å²) in [6, 6.07) is 0.514. The molecule has 1 N–H and O–H groups in total. The molecule has 1 unspecified atom stereocenters. The zero-order valence-electron chi connectivity index (χ0n) is 12.7. The van der Waals surface area contributed by atoms with Crippen LogP contribution in [0.25, 0.3) is 0 Å². The molecular formula is C15H29N3S. The van der Waals surface area contributed by atoms with Gasteiger partial charge in [-0.3, -0.25) is 4.99 Å². The van der Waals surface area contributed by atoms with Crippen molar-refractivity contribution in [1.29, 1.82) is 0 Å². The number of thioether (sulfide) groups is 1. The number of aliphatic imine (C=N–C) groups is 1. The van der Waals surface area contributed by atoms with Gasteiger partial charge < -0.3 is 10.2 Å². The van der Waals surface area contributed by atoms with Gasteiger partial charge in [0.15, 0.2) is 5.17 Å². The average Bonchev–Trinajstić information content (AvgIpc) is 2.93. The highest BCUT2D eigenvalue weighted by molar-refractivity contribution is 8.13. The first-order chi connectivity index (χ1) is 9.17. The second-order valence-corrected chi connectivity index (χ2v) is 7.13. The minimum Gasteiger partial charge on any atom is -0.361 e. The summed E-state index contributed by atoms with van der Waals surface area (Å²) in [6.45, 7) is 11.6. The minimum absolute atomic E-state index is 0.452. The van der Waals surface area contributed by atoms with Gasteiger partial charge in [-0.1, -0.05) is 25.6 Å². The lowest BCUT2D eigenvalue weighted by atomic mass is 9.84. The molecule has 0 amide bonds. The smallest absolute Gasteiger partial charge is 0.156 e. The third-order valence-electron chi connectivity index (χ3n) is 4.67. The molecule has 0 aromatic carbocycles. The van der Waals surface area contributed by atoms with Gasteiger partial charge in [-0.25, -0.2) is 0 Å². The van der Waals surface area contributed by atoms with Gasteiger partial charge in [0.05, 0.1) is 0 Å². The van der Waals surface area contributed by atoms with Crippen molar-refractivity contribution in [3.63, 3.8) is 0 Å². The van der Waals surface area contributed by atoms with Crippen molar-refractivity contribution < 1.29 is 0 Å². The van der Waals surface area contributed by atoms with Crippen molar-refractivity contribution in [1.82, 2.24) is 10.2 Å². The van der Waals surface area contributed by atoms with Crippen LogP contribution in [0.5, 0.6) is 0 Å². The second kappa shape index (κ2) is 6.98. The fourth-order valence-electron chi connectivity index (χ4n) is 2.93. The van der Waals surface area contributed by atoms with Gasteiger partial charge in [0.25, 0.3) is 0 Å². The number of hydrogen-bond acceptors (Lipinski definition) is 4. The molecule has 0 aromatic heterocycles. The van der Waals surface area contributed by atoms with Crippen molar-refractivity contribution in [3.05, 3.63) is 0 Å². The van der Waals surface area contributed by atoms with E-state index in [2.05, 4.69) is 31.0 Å². The molecule has 0 saturated carbocycles. The van der Waals surface area contributed by atoms with Gasteiger partial charge in [0, 0.05) is 24.9 Å². The Balaban J connectivity index is 1.78. The van der Waals surface area contributed by atoms with Crippen molar-refractivity contribution >= 4 is 16.9 Å². The highest BCUT2D eigenvalue weighted by atomic mass is 32.2. The van der Waals surface area contributed by atoms with Crippen LogP contribution in [0.2, 0.25) is 0 Å². The molecule has 2 aliphatic heterocycles. The average molecular weight is 283 g/mol. The zero-order valence-corrected chi connectivity index (χ0v) is 13.6. The van der Waals surface area contributed by atoms with Crippen LogP contribution in [0.1, 0.15) is 46.5 Å². The maximum absolute atomic E-state index is 4.79. The number of rotatable bonds is 5. The van der Waals surface area contributed by atoms with E-state index in [4.69, 9.17) is 4.99 Å². The Kier molecular flexibility index (Phi) is 5.58. The Morgan fingerprint density at radius 3 is 2.53 bits per heavy atom. The van der Waals surface area contributed by atoms with Gasteiger partial charge in [0.2, 0.25) is 0 Å². The second-order valence-electron chi connectivity index (χ2n) is 6.17. The summed E-state index contributed by atoms with van der Waals surface area (Å²) >= 11 is 1.93. The first-order valence-corrected chi connectivity index (χ1v) is 8.82. The van der Waals surface area contributed by atoms with Crippen LogP contribution in [0.3, 0.4) is 0 Å². The minimum atomic E-state index is 0.452. The van der Waals surface area contributed by atoms with E-state index in [0.29, 0.717) is 11.5 Å². The van der Waals surface area contributed by atoms with E-state index in [9.17, 15) is 0 Å². The van der Waals surface area contributed by atoms with Gasteiger partial charge in [0.1, 0.15) is 0 Å². The molecule has 1 fully saturated rings. The maximum Gasteiger partial charge on any atom is 0.156 e. The molecule has 3 nitrogen and oxygen atoms in total. The molecule has 1 saturated heterocycles. The lowest BCUT2D eigenvalue weighted by molar-refractivity contribution is 0.308. The molecule has 19 heavy (non-hydrogen) atoms. The van der Waals surface area contributed by atoms with E-state index in [-0.39, 0.29) is 0 Å². The first kappa shape index (κ1) is 15.2. The van der Waals surface area contributed by atoms with E-state index in [0.717, 1.165) is 13.1 Å². The van der Waals surface area contributed by atoms with Crippen molar-refractivity contribution in [3.8, 4) is 0 Å². The summed E-state index contributed by atoms with van der Waals surface area (Å²) in [4.78, 5) is 7.35. The van der Waals surface area contributed by atoms with Crippen LogP contribution in [0, 0.1) is 5.41 Å². The summed E-state index contributed by atoms with van der Waals surface area (Å²) in [5.74, 6) is 1.22. The monoisotopic (exact) mass is 283 g/mol. The van der Waals surface area contributed by atoms with Crippen LogP contribution in [-0.2, 0) is 0 Å². The Morgan fingerprint density at radius 2 is 2.00 bits per heavy atom. The molecule has 2 rings (SSSR count). The van der Waals surface area contributed by atoms with Crippen LogP contribution < -0.4 is 5.32 Å². The highest BCUT2D eigenvalue weighted by Crippen LogP contribution is 2.34. The molecule has 0 radical (unpaired) electrons. The van der Waals surface area contributed by atoms with E-state index >= 15 is 0 Å². The fourth-order valence-corrected chi connectivity index (χ4v) is 4.31. The highest BCUT2D eigenvalue weighted by Gasteiger charge is 2.30. The molecule has 0 aliphatic carbocycles. The Bertz CT molecular complexity index is 307. The predicted molar refractivity (Wildman–Crippen MR) is 86.0 cm³/mol. The topological polar surface area (TPSA) is 27.6 Å². The molecule has 2 aliphatic rings. The molecule has 0 aromatic rings. The molecule has 110 valence electrons. The number of nitrogens with zero attached hydrogens (tertiary/aromatic N) is 2. The maximum atomic E-state index is 4.79. The molecule has 1 atom stereocenters. The van der Waals surface area contributed by atoms with Crippen molar-refractivity contribution in [2.75, 3.05) is 31.9 Å². The Labute approximate surface area is 122 Å². The van der Waals surface area contributed by atoms with Gasteiger partial charge in [-0.15, -0.1) is 0 Å². The Hall–Kier alpha value is -0.220. The molecule has 0 bridgehead atoms. The Morgan fingerprint density at radius 1 is 1.32 bits per heavy atom. The predicted octanol–water partition coefficient (Wildman–Crippen LogP) is 2.97. The molecule has 0 spiro atoms. The summed E-state index contributed by atoms with van der Waals surface area (Å²) in [5.41, 5.74) is 0.452. The zero-order chi connectivity index (χ0) is 13.7. The van der Waals surface area contributed by atoms with E-state index in [1.165, 1.54) is 49.7 Å². The van der Waals surface area contributed by atoms with Gasteiger partial charge >= 0.3 is 0 Å². The van der Waals surface area contributed by atoms with E-state index < -0.39 is 0 Å². The van der Waals surface area contributed by atoms with Crippen molar-refractivity contribution in [2.45, 2.75) is 52.5 Å². The van der Waals surface area contributed by atoms with Gasteiger partial charge in [-0.05, 0) is 51.1 Å². The normalized spacial score (nSPS) is 25.1. The number of amidine groups is 1. The van der Waals surface area contributed by atoms with E-state index in [1.54, 1.807) is 0 Å². The summed E-state index contributed by atoms with van der Waals surface area (Å²) < 4.78 is 0. The third kappa shape index (κ3) is 4.12. The summed E-state index contributed by atoms with van der Waals surface area (Å²) in [7, 11) is 0. The molecule has 2 heterocycles. The summed E-state index contributed by atoms with van der Waals surface area (Å²) in [5, 5.41) is 4.77. The van der Waals surface area contributed by atoms with Crippen molar-refractivity contribution in [2.24, 2.45) is 10.4 Å². The van der Waals surface area contributed by atoms with Crippen LogP contribution in [-0.4, -0.2) is 48.0 Å². The molecular weight excluding hydrogens is 254 g/mol. The third-order valence-corrected chi connectivity index (χ3v) is 5.95. The van der Waals surface area contributed by atoms with Gasteiger partial charge in [-0.2, -0.15) is 0 Å². The fraction of sp³-hybridized carbons (Fsp3) is 0.933.